The Labute approximate surface area is 352 Å². The highest BCUT2D eigenvalue weighted by molar-refractivity contribution is 7.23. The van der Waals surface area contributed by atoms with Crippen molar-refractivity contribution in [3.63, 3.8) is 0 Å². The lowest BCUT2D eigenvalue weighted by molar-refractivity contribution is -0.140. The van der Waals surface area contributed by atoms with E-state index in [0.29, 0.717) is 30.7 Å². The Balaban J connectivity index is 1.14. The third-order valence-electron chi connectivity index (χ3n) is 11.3. The van der Waals surface area contributed by atoms with Gasteiger partial charge in [0, 0.05) is 36.1 Å². The summed E-state index contributed by atoms with van der Waals surface area (Å²) in [6.07, 6.45) is 5.56. The van der Waals surface area contributed by atoms with Crippen LogP contribution >= 0.6 is 22.7 Å². The van der Waals surface area contributed by atoms with Crippen molar-refractivity contribution in [1.82, 2.24) is 9.80 Å². The van der Waals surface area contributed by atoms with E-state index in [0.717, 1.165) is 53.0 Å². The van der Waals surface area contributed by atoms with Gasteiger partial charge in [0.05, 0.1) is 0 Å². The number of nitrogens with zero attached hydrogens (tertiary/aromatic N) is 4. The van der Waals surface area contributed by atoms with E-state index in [-0.39, 0.29) is 52.1 Å². The molecule has 6 amide bonds. The molecule has 2 aromatic heterocycles. The molecule has 8 rings (SSSR count). The standard InChI is InChI=1S/C46H34N4O8S2/c1-26-32(40(51)49(42(53)34(26)22-47)44(55)57-24-28-12-6-3-7-13-28)18-30-20-36-38(59-30)39-37(46(36)16-10-5-11-17-46)21-31(60-39)19-33-27(2)35(23-48)43(54)50(41(33)52)45(56)58-25-29-14-8-4-9-15-29/h3-4,6-9,12-15,18-21H,5,10-11,16-17,24-25H2,1-2H3/b32-18-,33-19-. The molecule has 298 valence electrons. The molecule has 0 atom stereocenters. The Kier molecular flexibility index (Phi) is 10.6. The third-order valence-corrected chi connectivity index (χ3v) is 13.6. The number of benzene rings is 2. The zero-order chi connectivity index (χ0) is 42.3. The summed E-state index contributed by atoms with van der Waals surface area (Å²) in [6, 6.07) is 25.4. The lowest BCUT2D eigenvalue weighted by Gasteiger charge is -2.34. The van der Waals surface area contributed by atoms with E-state index in [1.165, 1.54) is 36.5 Å². The van der Waals surface area contributed by atoms with Crippen molar-refractivity contribution in [2.24, 2.45) is 0 Å². The summed E-state index contributed by atoms with van der Waals surface area (Å²) in [7, 11) is 0. The molecule has 4 aliphatic rings. The van der Waals surface area contributed by atoms with Gasteiger partial charge in [-0.3, -0.25) is 19.2 Å². The smallest absolute Gasteiger partial charge is 0.424 e. The number of rotatable bonds is 6. The topological polar surface area (TPSA) is 175 Å². The first-order chi connectivity index (χ1) is 29.0. The van der Waals surface area contributed by atoms with Crippen LogP contribution in [0.15, 0.2) is 106 Å². The minimum Gasteiger partial charge on any atom is -0.444 e. The number of carbonyl (C=O) groups excluding carboxylic acids is 6. The molecule has 1 fully saturated rings. The van der Waals surface area contributed by atoms with Gasteiger partial charge < -0.3 is 9.47 Å². The summed E-state index contributed by atoms with van der Waals surface area (Å²) in [6.45, 7) is 2.66. The predicted octanol–water partition coefficient (Wildman–Crippen LogP) is 8.90. The summed E-state index contributed by atoms with van der Waals surface area (Å²) >= 11 is 2.86. The van der Waals surface area contributed by atoms with Gasteiger partial charge in [-0.25, -0.2) is 9.59 Å². The first kappa shape index (κ1) is 39.8. The second-order valence-electron chi connectivity index (χ2n) is 14.7. The zero-order valence-corrected chi connectivity index (χ0v) is 34.0. The lowest BCUT2D eigenvalue weighted by atomic mass is 9.68. The molecular formula is C46H34N4O8S2. The first-order valence-corrected chi connectivity index (χ1v) is 20.7. The highest BCUT2D eigenvalue weighted by Gasteiger charge is 2.47. The summed E-state index contributed by atoms with van der Waals surface area (Å²) in [4.78, 5) is 84.8. The molecule has 12 nitrogen and oxygen atoms in total. The molecule has 2 aliphatic carbocycles. The van der Waals surface area contributed by atoms with Crippen molar-refractivity contribution in [1.29, 1.82) is 10.5 Å². The molecule has 0 bridgehead atoms. The van der Waals surface area contributed by atoms with E-state index in [2.05, 4.69) is 0 Å². The van der Waals surface area contributed by atoms with Crippen molar-refractivity contribution in [3.05, 3.63) is 138 Å². The van der Waals surface area contributed by atoms with Crippen LogP contribution in [0, 0.1) is 22.7 Å². The average molecular weight is 835 g/mol. The van der Waals surface area contributed by atoms with Crippen molar-refractivity contribution in [2.45, 2.75) is 64.6 Å². The van der Waals surface area contributed by atoms with Gasteiger partial charge in [0.1, 0.15) is 36.5 Å². The normalized spacial score (nSPS) is 18.5. The van der Waals surface area contributed by atoms with Crippen LogP contribution in [0.4, 0.5) is 9.59 Å². The van der Waals surface area contributed by atoms with E-state index >= 15 is 0 Å². The molecular weight excluding hydrogens is 801 g/mol. The van der Waals surface area contributed by atoms with Gasteiger partial charge in [-0.2, -0.15) is 20.3 Å². The van der Waals surface area contributed by atoms with Crippen LogP contribution in [0.5, 0.6) is 0 Å². The van der Waals surface area contributed by atoms with E-state index in [4.69, 9.17) is 9.47 Å². The van der Waals surface area contributed by atoms with Gasteiger partial charge in [-0.05, 0) is 84.4 Å². The summed E-state index contributed by atoms with van der Waals surface area (Å²) in [5, 5.41) is 19.9. The molecule has 0 saturated heterocycles. The van der Waals surface area contributed by atoms with Crippen molar-refractivity contribution in [2.75, 3.05) is 0 Å². The summed E-state index contributed by atoms with van der Waals surface area (Å²) < 4.78 is 10.7. The zero-order valence-electron chi connectivity index (χ0n) is 32.4. The first-order valence-electron chi connectivity index (χ1n) is 19.1. The van der Waals surface area contributed by atoms with Crippen LogP contribution in [0.2, 0.25) is 0 Å². The van der Waals surface area contributed by atoms with Crippen molar-refractivity contribution in [3.8, 4) is 21.9 Å². The molecule has 0 N–H and O–H groups in total. The number of hydrogen-bond donors (Lipinski definition) is 0. The fourth-order valence-corrected chi connectivity index (χ4v) is 10.8. The fourth-order valence-electron chi connectivity index (χ4n) is 8.20. The molecule has 1 saturated carbocycles. The molecule has 0 unspecified atom stereocenters. The molecule has 0 radical (unpaired) electrons. The Bertz CT molecular complexity index is 2570. The number of ether oxygens (including phenoxy) is 2. The number of nitriles is 2. The van der Waals surface area contributed by atoms with E-state index in [1.54, 1.807) is 72.8 Å². The maximum atomic E-state index is 13.9. The number of amides is 6. The number of carbonyl (C=O) groups is 6. The minimum absolute atomic E-state index is 0.0185. The van der Waals surface area contributed by atoms with Gasteiger partial charge in [-0.15, -0.1) is 22.7 Å². The van der Waals surface area contributed by atoms with Crippen LogP contribution in [0.3, 0.4) is 0 Å². The highest BCUT2D eigenvalue weighted by atomic mass is 32.1. The van der Waals surface area contributed by atoms with E-state index in [9.17, 15) is 39.3 Å². The number of imide groups is 6. The maximum Gasteiger partial charge on any atom is 0.424 e. The van der Waals surface area contributed by atoms with E-state index < -0.39 is 35.8 Å². The SMILES string of the molecule is CC1=C(C#N)C(=O)N(C(=O)OCc2ccccc2)C(=O)/C1=C\c1cc2c(s1)-c1sc(/C=C3\C(=O)N(C(=O)OCc4ccccc4)C(=O)C(C#N)=C3C)cc1C21CCCCC1. The van der Waals surface area contributed by atoms with Gasteiger partial charge in [-0.1, -0.05) is 79.9 Å². The minimum atomic E-state index is -1.18. The quantitative estimate of drug-likeness (QED) is 0.135. The summed E-state index contributed by atoms with van der Waals surface area (Å²) in [5.41, 5.74) is 2.79. The molecule has 2 aromatic carbocycles. The molecule has 2 aliphatic heterocycles. The lowest BCUT2D eigenvalue weighted by Crippen LogP contribution is -2.46. The number of hydrogen-bond acceptors (Lipinski definition) is 12. The molecule has 4 aromatic rings. The second-order valence-corrected chi connectivity index (χ2v) is 16.9. The number of thiophene rings is 2. The van der Waals surface area contributed by atoms with Gasteiger partial charge in [0.25, 0.3) is 23.6 Å². The van der Waals surface area contributed by atoms with Crippen LogP contribution < -0.4 is 0 Å². The third kappa shape index (κ3) is 6.79. The molecule has 14 heteroatoms. The van der Waals surface area contributed by atoms with Crippen LogP contribution in [-0.2, 0) is 47.3 Å². The van der Waals surface area contributed by atoms with Crippen LogP contribution in [0.25, 0.3) is 21.9 Å². The monoisotopic (exact) mass is 834 g/mol. The highest BCUT2D eigenvalue weighted by Crippen LogP contribution is 2.61. The Morgan fingerprint density at radius 2 is 1.05 bits per heavy atom. The van der Waals surface area contributed by atoms with Crippen molar-refractivity contribution < 1.29 is 38.2 Å². The second kappa shape index (κ2) is 16.0. The number of fused-ring (bicyclic) bond motifs is 5. The molecule has 1 spiro atoms. The maximum absolute atomic E-state index is 13.9. The van der Waals surface area contributed by atoms with Crippen molar-refractivity contribution >= 4 is 70.6 Å². The van der Waals surface area contributed by atoms with Crippen LogP contribution in [0.1, 0.15) is 78.0 Å². The Morgan fingerprint density at radius 3 is 1.43 bits per heavy atom. The predicted molar refractivity (Wildman–Crippen MR) is 221 cm³/mol. The average Bonchev–Trinajstić information content (AvgIpc) is 3.93. The van der Waals surface area contributed by atoms with Crippen LogP contribution in [-0.4, -0.2) is 45.6 Å². The summed E-state index contributed by atoms with van der Waals surface area (Å²) in [5.74, 6) is -3.88. The molecule has 4 heterocycles. The van der Waals surface area contributed by atoms with Gasteiger partial charge in [0.15, 0.2) is 0 Å². The molecule has 60 heavy (non-hydrogen) atoms. The Hall–Kier alpha value is -7.00. The Morgan fingerprint density at radius 1 is 0.650 bits per heavy atom. The fraction of sp³-hybridized carbons (Fsp3) is 0.217. The van der Waals surface area contributed by atoms with Gasteiger partial charge in [0.2, 0.25) is 0 Å². The largest absolute Gasteiger partial charge is 0.444 e. The van der Waals surface area contributed by atoms with Gasteiger partial charge >= 0.3 is 12.2 Å². The van der Waals surface area contributed by atoms with E-state index in [1.807, 2.05) is 24.3 Å².